The Morgan fingerprint density at radius 3 is 2.33 bits per heavy atom. The second kappa shape index (κ2) is 8.82. The first kappa shape index (κ1) is 20.2. The molecular weight excluding hydrogens is 376 g/mol. The number of amides is 2. The van der Waals surface area contributed by atoms with Crippen LogP contribution in [0.3, 0.4) is 0 Å². The van der Waals surface area contributed by atoms with Crippen LogP contribution >= 0.6 is 15.9 Å². The van der Waals surface area contributed by atoms with Crippen molar-refractivity contribution in [2.24, 2.45) is 0 Å². The maximum absolute atomic E-state index is 12.0. The molecule has 0 aliphatic rings. The van der Waals surface area contributed by atoms with Gasteiger partial charge in [0.1, 0.15) is 6.04 Å². The molecule has 1 aromatic rings. The molecule has 0 unspecified atom stereocenters. The van der Waals surface area contributed by atoms with Crippen LogP contribution in [-0.4, -0.2) is 36.0 Å². The lowest BCUT2D eigenvalue weighted by atomic mass is 10.0. The minimum atomic E-state index is -0.854. The molecule has 0 saturated carbocycles. The molecule has 0 aromatic heterocycles. The lowest BCUT2D eigenvalue weighted by Crippen LogP contribution is -2.46. The highest BCUT2D eigenvalue weighted by atomic mass is 79.9. The number of esters is 1. The Hall–Kier alpha value is -1.89. The van der Waals surface area contributed by atoms with Gasteiger partial charge in [-0.05, 0) is 51.5 Å². The van der Waals surface area contributed by atoms with Crippen molar-refractivity contribution in [3.05, 3.63) is 34.3 Å². The van der Waals surface area contributed by atoms with Gasteiger partial charge in [0, 0.05) is 15.6 Å². The molecule has 2 N–H and O–H groups in total. The number of hydrogen-bond acceptors (Lipinski definition) is 4. The van der Waals surface area contributed by atoms with Gasteiger partial charge in [-0.25, -0.2) is 4.79 Å². The van der Waals surface area contributed by atoms with E-state index in [1.165, 1.54) is 6.92 Å². The highest BCUT2D eigenvalue weighted by molar-refractivity contribution is 9.10. The highest BCUT2D eigenvalue weighted by Gasteiger charge is 2.21. The number of hydrogen-bond donors (Lipinski definition) is 2. The second-order valence-electron chi connectivity index (χ2n) is 6.10. The zero-order valence-electron chi connectivity index (χ0n) is 14.3. The van der Waals surface area contributed by atoms with Gasteiger partial charge >= 0.3 is 5.97 Å². The van der Waals surface area contributed by atoms with Crippen molar-refractivity contribution in [1.29, 1.82) is 0 Å². The Morgan fingerprint density at radius 2 is 1.79 bits per heavy atom. The molecule has 1 atom stereocenters. The first-order chi connectivity index (χ1) is 11.1. The first-order valence-corrected chi connectivity index (χ1v) is 8.48. The van der Waals surface area contributed by atoms with Gasteiger partial charge < -0.3 is 15.4 Å². The molecular formula is C17H23BrN2O4. The van der Waals surface area contributed by atoms with E-state index in [9.17, 15) is 14.4 Å². The first-order valence-electron chi connectivity index (χ1n) is 7.68. The van der Waals surface area contributed by atoms with E-state index in [0.717, 1.165) is 10.9 Å². The van der Waals surface area contributed by atoms with Crippen molar-refractivity contribution in [3.63, 3.8) is 0 Å². The number of carbonyl (C=O) groups excluding carboxylic acids is 3. The summed E-state index contributed by atoms with van der Waals surface area (Å²) in [5, 5.41) is 5.30. The standard InChI is InChI=1S/C17H23BrN2O4/c1-5-17(3,4)20-14(21)10-24-16(23)11(2)19-15(22)12-6-8-13(18)9-7-12/h6-9,11H,5,10H2,1-4H3,(H,19,22)(H,20,21)/t11-/m0/s1. The molecule has 0 spiro atoms. The Labute approximate surface area is 150 Å². The molecule has 132 valence electrons. The van der Waals surface area contributed by atoms with E-state index in [-0.39, 0.29) is 24.0 Å². The third-order valence-electron chi connectivity index (χ3n) is 3.51. The molecule has 6 nitrogen and oxygen atoms in total. The zero-order chi connectivity index (χ0) is 18.3. The number of rotatable bonds is 7. The van der Waals surface area contributed by atoms with Gasteiger partial charge in [-0.3, -0.25) is 9.59 Å². The van der Waals surface area contributed by atoms with Crippen LogP contribution in [0.5, 0.6) is 0 Å². The average Bonchev–Trinajstić information content (AvgIpc) is 2.52. The van der Waals surface area contributed by atoms with Crippen LogP contribution in [0.1, 0.15) is 44.5 Å². The second-order valence-corrected chi connectivity index (χ2v) is 7.01. The number of ether oxygens (including phenoxy) is 1. The largest absolute Gasteiger partial charge is 0.454 e. The van der Waals surface area contributed by atoms with Crippen LogP contribution < -0.4 is 10.6 Å². The van der Waals surface area contributed by atoms with Gasteiger partial charge in [0.05, 0.1) is 0 Å². The topological polar surface area (TPSA) is 84.5 Å². The van der Waals surface area contributed by atoms with E-state index in [1.807, 2.05) is 20.8 Å². The van der Waals surface area contributed by atoms with Crippen LogP contribution in [0.15, 0.2) is 28.7 Å². The van der Waals surface area contributed by atoms with Crippen LogP contribution in [0.25, 0.3) is 0 Å². The summed E-state index contributed by atoms with van der Waals surface area (Å²) in [5.41, 5.74) is 0.0746. The van der Waals surface area contributed by atoms with Crippen molar-refractivity contribution >= 4 is 33.7 Å². The van der Waals surface area contributed by atoms with Crippen LogP contribution in [-0.2, 0) is 14.3 Å². The van der Waals surface area contributed by atoms with E-state index >= 15 is 0 Å². The number of nitrogens with one attached hydrogen (secondary N) is 2. The van der Waals surface area contributed by atoms with Crippen molar-refractivity contribution < 1.29 is 19.1 Å². The molecule has 0 radical (unpaired) electrons. The lowest BCUT2D eigenvalue weighted by Gasteiger charge is -2.24. The number of halogens is 1. The van der Waals surface area contributed by atoms with Crippen molar-refractivity contribution in [1.82, 2.24) is 10.6 Å². The zero-order valence-corrected chi connectivity index (χ0v) is 15.9. The highest BCUT2D eigenvalue weighted by Crippen LogP contribution is 2.10. The molecule has 7 heteroatoms. The van der Waals surface area contributed by atoms with E-state index in [1.54, 1.807) is 24.3 Å². The molecule has 0 saturated heterocycles. The third kappa shape index (κ3) is 6.70. The molecule has 0 aliphatic carbocycles. The molecule has 1 aromatic carbocycles. The van der Waals surface area contributed by atoms with Gasteiger partial charge in [-0.2, -0.15) is 0 Å². The van der Waals surface area contributed by atoms with Crippen LogP contribution in [0, 0.1) is 0 Å². The molecule has 0 fully saturated rings. The summed E-state index contributed by atoms with van der Waals surface area (Å²) in [6.07, 6.45) is 0.756. The fourth-order valence-electron chi connectivity index (χ4n) is 1.70. The monoisotopic (exact) mass is 398 g/mol. The van der Waals surface area contributed by atoms with Crippen molar-refractivity contribution in [2.45, 2.75) is 45.7 Å². The van der Waals surface area contributed by atoms with Crippen molar-refractivity contribution in [2.75, 3.05) is 6.61 Å². The predicted octanol–water partition coefficient (Wildman–Crippen LogP) is 2.42. The van der Waals surface area contributed by atoms with E-state index in [2.05, 4.69) is 26.6 Å². The van der Waals surface area contributed by atoms with Gasteiger partial charge in [0.2, 0.25) is 0 Å². The Balaban J connectivity index is 2.46. The van der Waals surface area contributed by atoms with E-state index in [0.29, 0.717) is 5.56 Å². The van der Waals surface area contributed by atoms with Gasteiger partial charge in [-0.1, -0.05) is 22.9 Å². The smallest absolute Gasteiger partial charge is 0.328 e. The predicted molar refractivity (Wildman–Crippen MR) is 94.5 cm³/mol. The molecule has 24 heavy (non-hydrogen) atoms. The van der Waals surface area contributed by atoms with Gasteiger partial charge in [0.15, 0.2) is 6.61 Å². The maximum atomic E-state index is 12.0. The molecule has 0 heterocycles. The normalized spacial score (nSPS) is 12.2. The van der Waals surface area contributed by atoms with E-state index < -0.39 is 12.0 Å². The Bertz CT molecular complexity index is 599. The quantitative estimate of drug-likeness (QED) is 0.690. The summed E-state index contributed by atoms with van der Waals surface area (Å²) in [7, 11) is 0. The minimum absolute atomic E-state index is 0.356. The van der Waals surface area contributed by atoms with Crippen molar-refractivity contribution in [3.8, 4) is 0 Å². The third-order valence-corrected chi connectivity index (χ3v) is 4.04. The fourth-order valence-corrected chi connectivity index (χ4v) is 1.97. The summed E-state index contributed by atoms with van der Waals surface area (Å²) < 4.78 is 5.79. The molecule has 0 aliphatic heterocycles. The number of carbonyl (C=O) groups is 3. The number of benzene rings is 1. The van der Waals surface area contributed by atoms with Gasteiger partial charge in [0.25, 0.3) is 11.8 Å². The minimum Gasteiger partial charge on any atom is -0.454 e. The van der Waals surface area contributed by atoms with Gasteiger partial charge in [-0.15, -0.1) is 0 Å². The Morgan fingerprint density at radius 1 is 1.21 bits per heavy atom. The van der Waals surface area contributed by atoms with Crippen LogP contribution in [0.4, 0.5) is 0 Å². The summed E-state index contributed by atoms with van der Waals surface area (Å²) in [5.74, 6) is -1.42. The average molecular weight is 399 g/mol. The Kier molecular flexibility index (Phi) is 7.41. The SMILES string of the molecule is CCC(C)(C)NC(=O)COC(=O)[C@H](C)NC(=O)c1ccc(Br)cc1. The summed E-state index contributed by atoms with van der Waals surface area (Å²) in [6.45, 7) is 6.85. The summed E-state index contributed by atoms with van der Waals surface area (Å²) in [6, 6.07) is 5.89. The molecule has 2 amide bonds. The fraction of sp³-hybridized carbons (Fsp3) is 0.471. The summed E-state index contributed by atoms with van der Waals surface area (Å²) >= 11 is 3.28. The molecule has 1 rings (SSSR count). The molecule has 0 bridgehead atoms. The maximum Gasteiger partial charge on any atom is 0.328 e. The van der Waals surface area contributed by atoms with Crippen LogP contribution in [0.2, 0.25) is 0 Å². The van der Waals surface area contributed by atoms with E-state index in [4.69, 9.17) is 4.74 Å². The summed E-state index contributed by atoms with van der Waals surface area (Å²) in [4.78, 5) is 35.6. The lowest BCUT2D eigenvalue weighted by molar-refractivity contribution is -0.150.